The molecule has 0 aliphatic carbocycles. The second-order valence-electron chi connectivity index (χ2n) is 8.36. The van der Waals surface area contributed by atoms with Crippen LogP contribution in [0.4, 0.5) is 4.39 Å². The summed E-state index contributed by atoms with van der Waals surface area (Å²) in [5.41, 5.74) is 3.20. The number of esters is 1. The predicted octanol–water partition coefficient (Wildman–Crippen LogP) is 4.88. The van der Waals surface area contributed by atoms with Gasteiger partial charge < -0.3 is 14.9 Å². The largest absolute Gasteiger partial charge is 0.466 e. The molecule has 0 radical (unpaired) electrons. The summed E-state index contributed by atoms with van der Waals surface area (Å²) in [4.78, 5) is 16.5. The molecule has 180 valence electrons. The van der Waals surface area contributed by atoms with E-state index in [0.717, 1.165) is 22.6 Å². The topological polar surface area (TPSA) is 84.6 Å². The Labute approximate surface area is 199 Å². The molecule has 0 saturated carbocycles. The van der Waals surface area contributed by atoms with Crippen LogP contribution >= 0.6 is 0 Å². The number of rotatable bonds is 10. The van der Waals surface area contributed by atoms with Gasteiger partial charge in [0.05, 0.1) is 36.6 Å². The highest BCUT2D eigenvalue weighted by Crippen LogP contribution is 2.31. The molecular weight excluding hydrogens is 435 g/mol. The smallest absolute Gasteiger partial charge is 0.308 e. The van der Waals surface area contributed by atoms with Gasteiger partial charge in [-0.3, -0.25) is 9.36 Å². The quantitative estimate of drug-likeness (QED) is 0.416. The van der Waals surface area contributed by atoms with E-state index in [1.807, 2.05) is 48.7 Å². The molecule has 1 aromatic heterocycles. The second-order valence-corrected chi connectivity index (χ2v) is 8.36. The number of aliphatic hydroxyl groups excluding tert-OH is 2. The Balaban J connectivity index is 1.99. The van der Waals surface area contributed by atoms with E-state index in [1.165, 1.54) is 12.1 Å². The van der Waals surface area contributed by atoms with Crippen LogP contribution in [0.1, 0.15) is 50.9 Å². The van der Waals surface area contributed by atoms with Crippen LogP contribution < -0.4 is 0 Å². The lowest BCUT2D eigenvalue weighted by Crippen LogP contribution is -2.20. The molecule has 0 saturated heterocycles. The molecular formula is C27H31FN2O4. The molecule has 0 fully saturated rings. The summed E-state index contributed by atoms with van der Waals surface area (Å²) < 4.78 is 20.4. The Morgan fingerprint density at radius 3 is 2.41 bits per heavy atom. The number of aliphatic hydroxyl groups is 2. The third-order valence-corrected chi connectivity index (χ3v) is 5.30. The first-order valence-corrected chi connectivity index (χ1v) is 11.4. The molecule has 2 N–H and O–H groups in total. The van der Waals surface area contributed by atoms with Crippen LogP contribution in [-0.2, 0) is 9.53 Å². The molecule has 0 spiro atoms. The number of benzene rings is 2. The van der Waals surface area contributed by atoms with E-state index in [0.29, 0.717) is 5.82 Å². The molecule has 2 unspecified atom stereocenters. The van der Waals surface area contributed by atoms with Gasteiger partial charge in [0.2, 0.25) is 0 Å². The van der Waals surface area contributed by atoms with Crippen molar-refractivity contribution in [2.45, 2.75) is 51.7 Å². The first-order valence-electron chi connectivity index (χ1n) is 11.4. The van der Waals surface area contributed by atoms with Crippen molar-refractivity contribution in [2.75, 3.05) is 6.61 Å². The third-order valence-electron chi connectivity index (χ3n) is 5.30. The number of hydrogen-bond acceptors (Lipinski definition) is 5. The van der Waals surface area contributed by atoms with Gasteiger partial charge in [-0.15, -0.1) is 0 Å². The van der Waals surface area contributed by atoms with Crippen molar-refractivity contribution in [1.29, 1.82) is 0 Å². The van der Waals surface area contributed by atoms with Gasteiger partial charge in [-0.25, -0.2) is 9.37 Å². The molecule has 7 heteroatoms. The van der Waals surface area contributed by atoms with E-state index in [4.69, 9.17) is 9.72 Å². The zero-order valence-electron chi connectivity index (χ0n) is 19.7. The van der Waals surface area contributed by atoms with Crippen molar-refractivity contribution in [3.05, 3.63) is 77.9 Å². The maximum absolute atomic E-state index is 13.6. The minimum Gasteiger partial charge on any atom is -0.466 e. The summed E-state index contributed by atoms with van der Waals surface area (Å²) in [6, 6.07) is 15.9. The number of aromatic nitrogens is 2. The van der Waals surface area contributed by atoms with Crippen LogP contribution in [0.25, 0.3) is 23.2 Å². The number of ether oxygens (including phenoxy) is 1. The Hall–Kier alpha value is -3.29. The fraction of sp³-hybridized carbons (Fsp3) is 0.333. The maximum atomic E-state index is 13.6. The number of hydrogen-bond donors (Lipinski definition) is 2. The molecule has 2 aromatic carbocycles. The summed E-state index contributed by atoms with van der Waals surface area (Å²) in [6.07, 6.45) is 1.14. The summed E-state index contributed by atoms with van der Waals surface area (Å²) in [7, 11) is 0. The van der Waals surface area contributed by atoms with Crippen molar-refractivity contribution < 1.29 is 24.1 Å². The van der Waals surface area contributed by atoms with Crippen LogP contribution in [-0.4, -0.2) is 44.5 Å². The van der Waals surface area contributed by atoms with Crippen LogP contribution in [0.3, 0.4) is 0 Å². The van der Waals surface area contributed by atoms with Gasteiger partial charge >= 0.3 is 5.97 Å². The average molecular weight is 467 g/mol. The third kappa shape index (κ3) is 6.40. The van der Waals surface area contributed by atoms with Crippen LogP contribution in [0.15, 0.2) is 60.7 Å². The van der Waals surface area contributed by atoms with Crippen molar-refractivity contribution in [1.82, 2.24) is 9.55 Å². The molecule has 0 amide bonds. The van der Waals surface area contributed by atoms with Crippen LogP contribution in [0.2, 0.25) is 0 Å². The SMILES string of the molecule is CCOC(=O)CC(O)CC(O)C=Cc1c(C(C)C)nc(-c2ccccc2)n1-c1ccc(F)cc1. The minimum atomic E-state index is -1.02. The standard InChI is InChI=1S/C27H31FN2O4/c1-4-34-25(33)17-23(32)16-22(31)14-15-24-26(18(2)3)29-27(19-8-6-5-7-9-19)30(24)21-12-10-20(28)11-13-21/h5-15,18,22-23,31-32H,4,16-17H2,1-3H3. The molecule has 0 aliphatic heterocycles. The molecule has 34 heavy (non-hydrogen) atoms. The van der Waals surface area contributed by atoms with Crippen molar-refractivity contribution in [3.63, 3.8) is 0 Å². The average Bonchev–Trinajstić information content (AvgIpc) is 3.18. The molecule has 2 atom stereocenters. The van der Waals surface area contributed by atoms with Gasteiger partial charge in [0.25, 0.3) is 0 Å². The minimum absolute atomic E-state index is 0.0114. The molecule has 1 heterocycles. The molecule has 0 bridgehead atoms. The molecule has 3 aromatic rings. The number of nitrogens with zero attached hydrogens (tertiary/aromatic N) is 2. The van der Waals surface area contributed by atoms with E-state index in [2.05, 4.69) is 0 Å². The van der Waals surface area contributed by atoms with Gasteiger partial charge in [-0.1, -0.05) is 50.3 Å². The zero-order valence-corrected chi connectivity index (χ0v) is 19.7. The van der Waals surface area contributed by atoms with Crippen molar-refractivity contribution in [2.24, 2.45) is 0 Å². The summed E-state index contributed by atoms with van der Waals surface area (Å²) in [6.45, 7) is 6.00. The predicted molar refractivity (Wildman–Crippen MR) is 130 cm³/mol. The number of carbonyl (C=O) groups is 1. The summed E-state index contributed by atoms with van der Waals surface area (Å²) >= 11 is 0. The summed E-state index contributed by atoms with van der Waals surface area (Å²) in [5.74, 6) is -0.0600. The van der Waals surface area contributed by atoms with E-state index < -0.39 is 18.2 Å². The highest BCUT2D eigenvalue weighted by molar-refractivity contribution is 5.70. The number of halogens is 1. The van der Waals surface area contributed by atoms with E-state index in [1.54, 1.807) is 31.2 Å². The normalized spacial score (nSPS) is 13.4. The fourth-order valence-electron chi connectivity index (χ4n) is 3.72. The van der Waals surface area contributed by atoms with E-state index in [9.17, 15) is 19.4 Å². The second kappa shape index (κ2) is 11.7. The molecule has 0 aliphatic rings. The highest BCUT2D eigenvalue weighted by atomic mass is 19.1. The number of imidazole rings is 1. The monoisotopic (exact) mass is 466 g/mol. The van der Waals surface area contributed by atoms with Gasteiger partial charge in [-0.2, -0.15) is 0 Å². The first-order chi connectivity index (χ1) is 16.3. The van der Waals surface area contributed by atoms with Crippen LogP contribution in [0.5, 0.6) is 0 Å². The fourth-order valence-corrected chi connectivity index (χ4v) is 3.72. The van der Waals surface area contributed by atoms with Crippen LogP contribution in [0, 0.1) is 5.82 Å². The maximum Gasteiger partial charge on any atom is 0.308 e. The lowest BCUT2D eigenvalue weighted by Gasteiger charge is -2.14. The molecule has 3 rings (SSSR count). The Bertz CT molecular complexity index is 1110. The Kier molecular flexibility index (Phi) is 8.73. The first kappa shape index (κ1) is 25.3. The molecule has 6 nitrogen and oxygen atoms in total. The Morgan fingerprint density at radius 2 is 1.79 bits per heavy atom. The lowest BCUT2D eigenvalue weighted by molar-refractivity contribution is -0.145. The summed E-state index contributed by atoms with van der Waals surface area (Å²) in [5, 5.41) is 20.6. The zero-order chi connectivity index (χ0) is 24.7. The van der Waals surface area contributed by atoms with Gasteiger partial charge in [0, 0.05) is 17.7 Å². The number of carbonyl (C=O) groups excluding carboxylic acids is 1. The van der Waals surface area contributed by atoms with Gasteiger partial charge in [-0.05, 0) is 43.2 Å². The van der Waals surface area contributed by atoms with E-state index in [-0.39, 0.29) is 31.2 Å². The lowest BCUT2D eigenvalue weighted by atomic mass is 10.1. The highest BCUT2D eigenvalue weighted by Gasteiger charge is 2.21. The van der Waals surface area contributed by atoms with Gasteiger partial charge in [0.1, 0.15) is 11.6 Å². The van der Waals surface area contributed by atoms with Crippen molar-refractivity contribution in [3.8, 4) is 17.1 Å². The van der Waals surface area contributed by atoms with E-state index >= 15 is 0 Å². The Morgan fingerprint density at radius 1 is 1.12 bits per heavy atom. The van der Waals surface area contributed by atoms with Gasteiger partial charge in [0.15, 0.2) is 0 Å². The van der Waals surface area contributed by atoms with Crippen molar-refractivity contribution >= 4 is 12.0 Å².